The molecule has 2 rings (SSSR count). The number of aliphatic imine (C=N–C) groups is 1. The van der Waals surface area contributed by atoms with Gasteiger partial charge >= 0.3 is 0 Å². The summed E-state index contributed by atoms with van der Waals surface area (Å²) in [5.74, 6) is 0.139. The number of anilines is 2. The summed E-state index contributed by atoms with van der Waals surface area (Å²) in [5, 5.41) is 10.1. The molecule has 6 nitrogen and oxygen atoms in total. The van der Waals surface area contributed by atoms with Gasteiger partial charge in [0.2, 0.25) is 5.96 Å². The lowest BCUT2D eigenvalue weighted by molar-refractivity contribution is 0.234. The predicted octanol–water partition coefficient (Wildman–Crippen LogP) is -0.0712. The van der Waals surface area contributed by atoms with E-state index in [1.807, 2.05) is 0 Å². The van der Waals surface area contributed by atoms with Crippen molar-refractivity contribution in [3.63, 3.8) is 0 Å². The van der Waals surface area contributed by atoms with Crippen LogP contribution >= 0.6 is 0 Å². The van der Waals surface area contributed by atoms with Crippen LogP contribution in [0.15, 0.2) is 23.2 Å². The molecule has 0 spiro atoms. The SMILES string of the molecule is NC1=Nc2ccc(N)cc2N(O)N1. The number of guanidine groups is 1. The van der Waals surface area contributed by atoms with Gasteiger partial charge in [0, 0.05) is 5.69 Å². The van der Waals surface area contributed by atoms with Crippen LogP contribution in [0.25, 0.3) is 0 Å². The van der Waals surface area contributed by atoms with E-state index in [1.165, 1.54) is 0 Å². The second-order valence-electron chi connectivity index (χ2n) is 2.67. The zero-order valence-corrected chi connectivity index (χ0v) is 6.73. The van der Waals surface area contributed by atoms with Crippen molar-refractivity contribution in [2.24, 2.45) is 10.7 Å². The number of hydrazine groups is 1. The van der Waals surface area contributed by atoms with Crippen LogP contribution in [0, 0.1) is 0 Å². The molecule has 0 fully saturated rings. The highest BCUT2D eigenvalue weighted by molar-refractivity contribution is 5.89. The standard InChI is InChI=1S/C7H9N5O/c8-4-1-2-5-6(3-4)12(13)11-7(9)10-5/h1-3,13H,8H2,(H3,9,10,11). The van der Waals surface area contributed by atoms with Crippen LogP contribution in [0.1, 0.15) is 0 Å². The number of rotatable bonds is 0. The summed E-state index contributed by atoms with van der Waals surface area (Å²) < 4.78 is 0. The summed E-state index contributed by atoms with van der Waals surface area (Å²) in [7, 11) is 0. The Bertz CT molecular complexity index is 375. The van der Waals surface area contributed by atoms with E-state index in [0.29, 0.717) is 17.1 Å². The van der Waals surface area contributed by atoms with Gasteiger partial charge in [-0.15, -0.1) is 0 Å². The molecule has 1 heterocycles. The Hall–Kier alpha value is -1.95. The molecule has 0 saturated carbocycles. The Labute approximate surface area is 74.4 Å². The summed E-state index contributed by atoms with van der Waals surface area (Å²) in [6.45, 7) is 0. The lowest BCUT2D eigenvalue weighted by Gasteiger charge is -2.23. The van der Waals surface area contributed by atoms with E-state index in [9.17, 15) is 5.21 Å². The average Bonchev–Trinajstić information content (AvgIpc) is 2.06. The molecule has 6 heteroatoms. The minimum absolute atomic E-state index is 0.139. The van der Waals surface area contributed by atoms with E-state index < -0.39 is 0 Å². The topological polar surface area (TPSA) is 99.9 Å². The highest BCUT2D eigenvalue weighted by Crippen LogP contribution is 2.30. The number of hydrogen-bond donors (Lipinski definition) is 4. The van der Waals surface area contributed by atoms with E-state index in [0.717, 1.165) is 5.17 Å². The molecule has 0 saturated heterocycles. The van der Waals surface area contributed by atoms with Crippen LogP contribution in [0.2, 0.25) is 0 Å². The molecule has 0 radical (unpaired) electrons. The molecule has 0 unspecified atom stereocenters. The number of nitrogen functional groups attached to an aromatic ring is 1. The van der Waals surface area contributed by atoms with Gasteiger partial charge in [0.05, 0.1) is 5.69 Å². The largest absolute Gasteiger partial charge is 0.399 e. The molecule has 13 heavy (non-hydrogen) atoms. The van der Waals surface area contributed by atoms with Gasteiger partial charge in [0.1, 0.15) is 5.69 Å². The Morgan fingerprint density at radius 3 is 2.92 bits per heavy atom. The van der Waals surface area contributed by atoms with Crippen LogP contribution in [0.4, 0.5) is 17.1 Å². The molecular weight excluding hydrogens is 170 g/mol. The van der Waals surface area contributed by atoms with E-state index in [4.69, 9.17) is 11.5 Å². The van der Waals surface area contributed by atoms with E-state index in [-0.39, 0.29) is 5.96 Å². The molecule has 1 aliphatic rings. The highest BCUT2D eigenvalue weighted by atomic mass is 16.5. The lowest BCUT2D eigenvalue weighted by Crippen LogP contribution is -2.46. The molecule has 68 valence electrons. The van der Waals surface area contributed by atoms with Crippen molar-refractivity contribution in [3.05, 3.63) is 18.2 Å². The monoisotopic (exact) mass is 179 g/mol. The minimum atomic E-state index is 0.139. The Morgan fingerprint density at radius 2 is 2.15 bits per heavy atom. The number of hydrogen-bond acceptors (Lipinski definition) is 6. The van der Waals surface area contributed by atoms with Crippen molar-refractivity contribution in [1.29, 1.82) is 0 Å². The summed E-state index contributed by atoms with van der Waals surface area (Å²) in [4.78, 5) is 3.96. The zero-order valence-electron chi connectivity index (χ0n) is 6.73. The fourth-order valence-corrected chi connectivity index (χ4v) is 1.13. The van der Waals surface area contributed by atoms with Gasteiger partial charge in [-0.3, -0.25) is 5.21 Å². The predicted molar refractivity (Wildman–Crippen MR) is 49.5 cm³/mol. The Balaban J connectivity index is 2.56. The summed E-state index contributed by atoms with van der Waals surface area (Å²) >= 11 is 0. The second kappa shape index (κ2) is 2.53. The van der Waals surface area contributed by atoms with Crippen molar-refractivity contribution in [2.75, 3.05) is 10.9 Å². The van der Waals surface area contributed by atoms with E-state index in [1.54, 1.807) is 18.2 Å². The van der Waals surface area contributed by atoms with Gasteiger partial charge in [-0.05, 0) is 18.2 Å². The van der Waals surface area contributed by atoms with Crippen molar-refractivity contribution in [2.45, 2.75) is 0 Å². The fourth-order valence-electron chi connectivity index (χ4n) is 1.13. The van der Waals surface area contributed by atoms with Gasteiger partial charge in [-0.2, -0.15) is 5.17 Å². The van der Waals surface area contributed by atoms with Crippen molar-refractivity contribution in [1.82, 2.24) is 5.43 Å². The zero-order chi connectivity index (χ0) is 9.42. The van der Waals surface area contributed by atoms with Gasteiger partial charge < -0.3 is 11.5 Å². The van der Waals surface area contributed by atoms with Gasteiger partial charge in [0.25, 0.3) is 0 Å². The van der Waals surface area contributed by atoms with Crippen LogP contribution < -0.4 is 22.1 Å². The van der Waals surface area contributed by atoms with Crippen LogP contribution in [-0.2, 0) is 0 Å². The molecule has 0 aromatic heterocycles. The summed E-state index contributed by atoms with van der Waals surface area (Å²) in [6, 6.07) is 4.97. The molecular formula is C7H9N5O. The number of nitrogens with two attached hydrogens (primary N) is 2. The van der Waals surface area contributed by atoms with Gasteiger partial charge in [-0.1, -0.05) is 0 Å². The lowest BCUT2D eigenvalue weighted by atomic mass is 10.2. The number of nitrogens with zero attached hydrogens (tertiary/aromatic N) is 2. The molecule has 1 aromatic carbocycles. The Morgan fingerprint density at radius 1 is 1.38 bits per heavy atom. The maximum absolute atomic E-state index is 9.36. The molecule has 1 aromatic rings. The van der Waals surface area contributed by atoms with E-state index in [2.05, 4.69) is 10.4 Å². The van der Waals surface area contributed by atoms with Gasteiger partial charge in [0.15, 0.2) is 0 Å². The quantitative estimate of drug-likeness (QED) is 0.418. The highest BCUT2D eigenvalue weighted by Gasteiger charge is 2.15. The van der Waals surface area contributed by atoms with Crippen LogP contribution in [0.5, 0.6) is 0 Å². The first-order chi connectivity index (χ1) is 6.16. The fraction of sp³-hybridized carbons (Fsp3) is 0. The summed E-state index contributed by atoms with van der Waals surface area (Å²) in [5.41, 5.74) is 14.9. The first kappa shape index (κ1) is 7.69. The Kier molecular flexibility index (Phi) is 1.49. The molecule has 0 amide bonds. The van der Waals surface area contributed by atoms with Crippen LogP contribution in [0.3, 0.4) is 0 Å². The molecule has 1 aliphatic heterocycles. The average molecular weight is 179 g/mol. The number of benzene rings is 1. The maximum Gasteiger partial charge on any atom is 0.215 e. The molecule has 6 N–H and O–H groups in total. The first-order valence-electron chi connectivity index (χ1n) is 3.66. The van der Waals surface area contributed by atoms with Gasteiger partial charge in [-0.25, -0.2) is 10.4 Å². The second-order valence-corrected chi connectivity index (χ2v) is 2.67. The molecule has 0 bridgehead atoms. The molecule has 0 atom stereocenters. The first-order valence-corrected chi connectivity index (χ1v) is 3.66. The van der Waals surface area contributed by atoms with Crippen LogP contribution in [-0.4, -0.2) is 11.2 Å². The normalized spacial score (nSPS) is 14.5. The smallest absolute Gasteiger partial charge is 0.215 e. The van der Waals surface area contributed by atoms with Crippen molar-refractivity contribution >= 4 is 23.0 Å². The third-order valence-electron chi connectivity index (χ3n) is 1.69. The summed E-state index contributed by atoms with van der Waals surface area (Å²) in [6.07, 6.45) is 0. The van der Waals surface area contributed by atoms with Crippen molar-refractivity contribution < 1.29 is 5.21 Å². The molecule has 0 aliphatic carbocycles. The van der Waals surface area contributed by atoms with Crippen molar-refractivity contribution in [3.8, 4) is 0 Å². The maximum atomic E-state index is 9.36. The minimum Gasteiger partial charge on any atom is -0.399 e. The third kappa shape index (κ3) is 1.23. The number of fused-ring (bicyclic) bond motifs is 1. The third-order valence-corrected chi connectivity index (χ3v) is 1.69. The number of nitrogens with one attached hydrogen (secondary N) is 1. The van der Waals surface area contributed by atoms with E-state index >= 15 is 0 Å².